The third kappa shape index (κ3) is 3.58. The molecule has 0 unspecified atom stereocenters. The van der Waals surface area contributed by atoms with Gasteiger partial charge in [-0.15, -0.1) is 10.2 Å². The maximum atomic E-state index is 12.8. The number of benzene rings is 1. The summed E-state index contributed by atoms with van der Waals surface area (Å²) in [5, 5.41) is 15.8. The normalized spacial score (nSPS) is 13.8. The smallest absolute Gasteiger partial charge is 0.337 e. The average molecular weight is 366 g/mol. The summed E-state index contributed by atoms with van der Waals surface area (Å²) in [6, 6.07) is 4.26. The lowest BCUT2D eigenvalue weighted by Gasteiger charge is -2.11. The molecule has 0 amide bonds. The largest absolute Gasteiger partial charge is 0.416 e. The molecule has 0 saturated carbocycles. The van der Waals surface area contributed by atoms with Gasteiger partial charge in [-0.1, -0.05) is 38.1 Å². The summed E-state index contributed by atoms with van der Waals surface area (Å²) in [6.07, 6.45) is -4.44. The van der Waals surface area contributed by atoms with Crippen LogP contribution in [0.4, 0.5) is 13.2 Å². The number of halogens is 3. The quantitative estimate of drug-likeness (QED) is 0.704. The Morgan fingerprint density at radius 1 is 1.15 bits per heavy atom. The highest BCUT2D eigenvalue weighted by atomic mass is 19.4. The highest BCUT2D eigenvalue weighted by Crippen LogP contribution is 2.31. The minimum absolute atomic E-state index is 0.0820. The van der Waals surface area contributed by atoms with Crippen LogP contribution in [0.3, 0.4) is 0 Å². The molecular weight excluding hydrogens is 349 g/mol. The molecule has 2 heterocycles. The van der Waals surface area contributed by atoms with Crippen molar-refractivity contribution in [1.82, 2.24) is 30.3 Å². The number of hydrogen-bond acceptors (Lipinski definition) is 6. The summed E-state index contributed by atoms with van der Waals surface area (Å²) in [6.45, 7) is 7.58. The zero-order valence-corrected chi connectivity index (χ0v) is 14.6. The lowest BCUT2D eigenvalue weighted by molar-refractivity contribution is -0.137. The molecule has 0 bridgehead atoms. The minimum Gasteiger partial charge on any atom is -0.337 e. The maximum absolute atomic E-state index is 12.8. The first kappa shape index (κ1) is 18.0. The van der Waals surface area contributed by atoms with E-state index in [1.54, 1.807) is 6.92 Å². The Morgan fingerprint density at radius 3 is 2.50 bits per heavy atom. The zero-order chi connectivity index (χ0) is 19.1. The van der Waals surface area contributed by atoms with Crippen molar-refractivity contribution in [2.75, 3.05) is 0 Å². The maximum Gasteiger partial charge on any atom is 0.416 e. The average Bonchev–Trinajstić information content (AvgIpc) is 3.23. The van der Waals surface area contributed by atoms with E-state index in [2.05, 4.69) is 25.6 Å². The van der Waals surface area contributed by atoms with Crippen LogP contribution in [-0.4, -0.2) is 30.3 Å². The van der Waals surface area contributed by atoms with Crippen molar-refractivity contribution in [3.05, 3.63) is 41.5 Å². The van der Waals surface area contributed by atoms with Gasteiger partial charge in [-0.25, -0.2) is 0 Å². The van der Waals surface area contributed by atoms with Gasteiger partial charge in [0.2, 0.25) is 5.82 Å². The van der Waals surface area contributed by atoms with Crippen molar-refractivity contribution in [3.8, 4) is 11.4 Å². The Balaban J connectivity index is 1.87. The first-order chi connectivity index (χ1) is 12.1. The SMILES string of the molecule is C[C@H](c1nc(C(C)(C)C)no1)n1nnc(-c2cccc(C(F)(F)F)c2)n1. The van der Waals surface area contributed by atoms with Crippen molar-refractivity contribution in [2.24, 2.45) is 0 Å². The molecule has 1 aromatic carbocycles. The van der Waals surface area contributed by atoms with E-state index in [0.717, 1.165) is 12.1 Å². The van der Waals surface area contributed by atoms with Crippen LogP contribution in [0.5, 0.6) is 0 Å². The van der Waals surface area contributed by atoms with Crippen molar-refractivity contribution < 1.29 is 17.7 Å². The van der Waals surface area contributed by atoms with Crippen molar-refractivity contribution in [2.45, 2.75) is 45.3 Å². The van der Waals surface area contributed by atoms with E-state index in [1.165, 1.54) is 16.9 Å². The predicted molar refractivity (Wildman–Crippen MR) is 85.1 cm³/mol. The van der Waals surface area contributed by atoms with Crippen molar-refractivity contribution in [3.63, 3.8) is 0 Å². The monoisotopic (exact) mass is 366 g/mol. The van der Waals surface area contributed by atoms with Gasteiger partial charge in [0.25, 0.3) is 5.89 Å². The first-order valence-corrected chi connectivity index (χ1v) is 7.87. The Hall–Kier alpha value is -2.78. The molecule has 0 aliphatic rings. The van der Waals surface area contributed by atoms with Crippen LogP contribution in [-0.2, 0) is 11.6 Å². The second kappa shape index (κ2) is 6.19. The van der Waals surface area contributed by atoms with Crippen molar-refractivity contribution in [1.29, 1.82) is 0 Å². The van der Waals surface area contributed by atoms with Gasteiger partial charge in [0, 0.05) is 11.0 Å². The molecule has 7 nitrogen and oxygen atoms in total. The van der Waals surface area contributed by atoms with Gasteiger partial charge in [-0.05, 0) is 24.3 Å². The Bertz CT molecular complexity index is 909. The molecule has 3 rings (SSSR count). The van der Waals surface area contributed by atoms with E-state index >= 15 is 0 Å². The second-order valence-corrected chi connectivity index (χ2v) is 6.89. The van der Waals surface area contributed by atoms with E-state index in [1.807, 2.05) is 20.8 Å². The summed E-state index contributed by atoms with van der Waals surface area (Å²) < 4.78 is 43.8. The first-order valence-electron chi connectivity index (χ1n) is 7.87. The van der Waals surface area contributed by atoms with E-state index < -0.39 is 17.8 Å². The molecule has 0 N–H and O–H groups in total. The molecule has 0 aliphatic carbocycles. The molecule has 1 atom stereocenters. The van der Waals surface area contributed by atoms with Gasteiger partial charge in [0.1, 0.15) is 6.04 Å². The highest BCUT2D eigenvalue weighted by Gasteiger charge is 2.31. The molecule has 26 heavy (non-hydrogen) atoms. The molecule has 0 fully saturated rings. The molecule has 0 radical (unpaired) electrons. The lowest BCUT2D eigenvalue weighted by Crippen LogP contribution is -2.15. The number of tetrazole rings is 1. The molecule has 2 aromatic heterocycles. The number of alkyl halides is 3. The van der Waals surface area contributed by atoms with E-state index in [4.69, 9.17) is 4.52 Å². The number of rotatable bonds is 3. The molecule has 10 heteroatoms. The van der Waals surface area contributed by atoms with E-state index in [9.17, 15) is 13.2 Å². The van der Waals surface area contributed by atoms with Crippen LogP contribution >= 0.6 is 0 Å². The summed E-state index contributed by atoms with van der Waals surface area (Å²) in [7, 11) is 0. The minimum atomic E-state index is -4.44. The van der Waals surface area contributed by atoms with Crippen LogP contribution in [0.25, 0.3) is 11.4 Å². The molecule has 3 aromatic rings. The molecule has 138 valence electrons. The van der Waals surface area contributed by atoms with E-state index in [0.29, 0.717) is 11.7 Å². The molecule has 0 saturated heterocycles. The fourth-order valence-electron chi connectivity index (χ4n) is 2.15. The Kier molecular flexibility index (Phi) is 4.29. The van der Waals surface area contributed by atoms with Crippen LogP contribution in [0.2, 0.25) is 0 Å². The van der Waals surface area contributed by atoms with Gasteiger partial charge in [-0.3, -0.25) is 0 Å². The summed E-state index contributed by atoms with van der Waals surface area (Å²) >= 11 is 0. The Labute approximate surface area is 147 Å². The third-order valence-corrected chi connectivity index (χ3v) is 3.69. The molecule has 0 spiro atoms. The summed E-state index contributed by atoms with van der Waals surface area (Å²) in [5.41, 5.74) is -0.828. The van der Waals surface area contributed by atoms with Gasteiger partial charge >= 0.3 is 6.18 Å². The Morgan fingerprint density at radius 2 is 1.88 bits per heavy atom. The van der Waals surface area contributed by atoms with Crippen LogP contribution in [0, 0.1) is 0 Å². The van der Waals surface area contributed by atoms with Gasteiger partial charge < -0.3 is 4.52 Å². The van der Waals surface area contributed by atoms with Crippen molar-refractivity contribution >= 4 is 0 Å². The predicted octanol–water partition coefficient (Wildman–Crippen LogP) is 3.65. The number of aromatic nitrogens is 6. The zero-order valence-electron chi connectivity index (χ0n) is 14.6. The fourth-order valence-corrected chi connectivity index (χ4v) is 2.15. The molecule has 0 aliphatic heterocycles. The van der Waals surface area contributed by atoms with Gasteiger partial charge in [0.15, 0.2) is 5.82 Å². The topological polar surface area (TPSA) is 82.5 Å². The van der Waals surface area contributed by atoms with Crippen LogP contribution < -0.4 is 0 Å². The fraction of sp³-hybridized carbons (Fsp3) is 0.438. The number of hydrogen-bond donors (Lipinski definition) is 0. The number of nitrogens with zero attached hydrogens (tertiary/aromatic N) is 6. The summed E-state index contributed by atoms with van der Waals surface area (Å²) in [4.78, 5) is 5.56. The highest BCUT2D eigenvalue weighted by molar-refractivity contribution is 5.55. The summed E-state index contributed by atoms with van der Waals surface area (Å²) in [5.74, 6) is 0.916. The lowest BCUT2D eigenvalue weighted by atomic mass is 9.96. The second-order valence-electron chi connectivity index (χ2n) is 6.89. The van der Waals surface area contributed by atoms with E-state index in [-0.39, 0.29) is 16.8 Å². The van der Waals surface area contributed by atoms with Gasteiger partial charge in [0.05, 0.1) is 5.56 Å². The van der Waals surface area contributed by atoms with Crippen LogP contribution in [0.1, 0.15) is 51.0 Å². The standard InChI is InChI=1S/C16H17F3N6O/c1-9(13-20-14(23-26-13)15(2,3)4)25-22-12(21-24-25)10-6-5-7-11(8-10)16(17,18)19/h5-9H,1-4H3/t9-/m1/s1. The van der Waals surface area contributed by atoms with Crippen LogP contribution in [0.15, 0.2) is 28.8 Å². The molecular formula is C16H17F3N6O. The van der Waals surface area contributed by atoms with Gasteiger partial charge in [-0.2, -0.15) is 23.0 Å². The third-order valence-electron chi connectivity index (χ3n) is 3.69.